The number of aryl methyl sites for hydroxylation is 5. The number of halogens is 1. The van der Waals surface area contributed by atoms with Gasteiger partial charge in [-0.1, -0.05) is 427 Å². The molecule has 0 aromatic heterocycles. The summed E-state index contributed by atoms with van der Waals surface area (Å²) in [6.45, 7) is 9.62. The summed E-state index contributed by atoms with van der Waals surface area (Å²) in [5.74, 6) is -0.724. The summed E-state index contributed by atoms with van der Waals surface area (Å²) >= 11 is 1.82. The summed E-state index contributed by atoms with van der Waals surface area (Å²) in [5, 5.41) is 19.1. The van der Waals surface area contributed by atoms with E-state index < -0.39 is 55.0 Å². The summed E-state index contributed by atoms with van der Waals surface area (Å²) in [5.41, 5.74) is 24.4. The molecule has 0 aliphatic heterocycles. The molecule has 16 rings (SSSR count). The molecule has 744 valence electrons. The second-order valence-corrected chi connectivity index (χ2v) is 40.4. The average Bonchev–Trinajstić information content (AvgIpc) is 0.800. The number of allylic oxidation sites excluding steroid dienone is 12. The van der Waals surface area contributed by atoms with Crippen molar-refractivity contribution in [1.82, 2.24) is 30.1 Å². The SMILES string of the molecule is Cc1ccc(S(=O)(=O)[N-][C@H](c2ccccc2)[C@H](NCCCc2ccccc2)c2ccccc2)cc1.Cc1ccc(S(=O)N[C@H](c2ccccc2)[C@H](N)c2ccccc2)cc1.Cc1ccc(S(=O)N[C@H](c2ccccc2)[C@H](NC(=O)CCC2=CCC=CC2)c2ccccc2)cc1.Cc1ccc(S(=O)N[C@H](c2ccccc2)[C@H](NCCCC2=CCC=CC2)c2ccccc2)cc1.O=C(O)CCC1=CCC=CC1.[CH3-].[Cl][Ru+3]. The van der Waals surface area contributed by atoms with Crippen molar-refractivity contribution in [1.29, 1.82) is 0 Å². The molecule has 1 amide bonds. The zero-order valence-corrected chi connectivity index (χ0v) is 87.8. The molecule has 16 nitrogen and oxygen atoms in total. The summed E-state index contributed by atoms with van der Waals surface area (Å²) in [6.07, 6.45) is 31.8. The number of amides is 1. The summed E-state index contributed by atoms with van der Waals surface area (Å²) in [4.78, 5) is 25.8. The van der Waals surface area contributed by atoms with Crippen molar-refractivity contribution < 1.29 is 53.1 Å². The number of rotatable bonds is 41. The predicted molar refractivity (Wildman–Crippen MR) is 587 cm³/mol. The van der Waals surface area contributed by atoms with Crippen molar-refractivity contribution in [2.75, 3.05) is 13.1 Å². The Morgan fingerprint density at radius 2 is 0.650 bits per heavy atom. The first kappa shape index (κ1) is 113. The van der Waals surface area contributed by atoms with Gasteiger partial charge in [-0.05, 0) is 211 Å². The van der Waals surface area contributed by atoms with Crippen molar-refractivity contribution >= 4 is 64.5 Å². The fraction of sp³-hybridized carbons (Fsp3) is 0.231. The van der Waals surface area contributed by atoms with E-state index in [2.05, 4.69) is 160 Å². The molecule has 0 saturated heterocycles. The Balaban J connectivity index is 0.000000188. The van der Waals surface area contributed by atoms with E-state index in [0.717, 1.165) is 155 Å². The van der Waals surface area contributed by atoms with Crippen LogP contribution in [0.25, 0.3) is 4.72 Å². The molecule has 9 N–H and O–H groups in total. The maximum atomic E-state index is 13.4. The second kappa shape index (κ2) is 62.7. The second-order valence-electron chi connectivity index (χ2n) is 35.0. The van der Waals surface area contributed by atoms with E-state index in [1.54, 1.807) is 24.3 Å². The zero-order valence-electron chi connectivity index (χ0n) is 82.0. The Morgan fingerprint density at radius 1 is 0.357 bits per heavy atom. The number of carboxylic acid groups (broad SMARTS) is 1. The van der Waals surface area contributed by atoms with Crippen LogP contribution in [0, 0.1) is 35.1 Å². The van der Waals surface area contributed by atoms with Gasteiger partial charge >= 0.3 is 33.0 Å². The Labute approximate surface area is 870 Å². The Morgan fingerprint density at radius 3 is 1.02 bits per heavy atom. The van der Waals surface area contributed by atoms with Crippen LogP contribution in [-0.2, 0) is 76.3 Å². The minimum atomic E-state index is -3.87. The van der Waals surface area contributed by atoms with Gasteiger partial charge in [0.15, 0.2) is 0 Å². The van der Waals surface area contributed by atoms with Crippen LogP contribution in [0.5, 0.6) is 0 Å². The fourth-order valence-electron chi connectivity index (χ4n) is 16.6. The molecule has 13 aromatic rings. The topological polar surface area (TPSA) is 252 Å². The van der Waals surface area contributed by atoms with Gasteiger partial charge in [-0.25, -0.2) is 35.2 Å². The molecule has 0 radical (unpaired) electrons. The molecule has 3 aliphatic rings. The van der Waals surface area contributed by atoms with Gasteiger partial charge in [0.05, 0.1) is 50.9 Å². The Bertz CT molecular complexity index is 6310. The molecule has 22 heteroatoms. The third-order valence-electron chi connectivity index (χ3n) is 24.4. The number of benzene rings is 13. The number of carbonyl (C=O) groups is 2. The van der Waals surface area contributed by atoms with E-state index >= 15 is 0 Å². The number of nitrogens with zero attached hydrogens (tertiary/aromatic N) is 1. The van der Waals surface area contributed by atoms with Crippen LogP contribution in [0.1, 0.15) is 204 Å². The summed E-state index contributed by atoms with van der Waals surface area (Å²) in [6, 6.07) is 118. The number of aliphatic carboxylic acids is 1. The van der Waals surface area contributed by atoms with Crippen molar-refractivity contribution in [2.24, 2.45) is 5.73 Å². The monoisotopic (exact) mass is 2090 g/mol. The van der Waals surface area contributed by atoms with Crippen LogP contribution >= 0.6 is 9.69 Å². The normalized spacial score (nSPS) is 14.7. The van der Waals surface area contributed by atoms with Crippen molar-refractivity contribution in [3.05, 3.63) is 526 Å². The van der Waals surface area contributed by atoms with E-state index in [1.807, 2.05) is 330 Å². The number of hydrogen-bond acceptors (Lipinski definition) is 10. The van der Waals surface area contributed by atoms with Gasteiger partial charge in [0.2, 0.25) is 5.91 Å². The molecule has 0 bridgehead atoms. The third-order valence-corrected chi connectivity index (χ3v) is 29.3. The molecule has 0 saturated carbocycles. The maximum absolute atomic E-state index is 13.4. The molecule has 0 heterocycles. The molecule has 13 aromatic carbocycles. The van der Waals surface area contributed by atoms with Crippen LogP contribution < -0.4 is 35.9 Å². The van der Waals surface area contributed by atoms with Gasteiger partial charge < -0.3 is 38.9 Å². The third kappa shape index (κ3) is 38.7. The molecule has 3 aliphatic carbocycles. The first-order chi connectivity index (χ1) is 69.3. The standard InChI is InChI=1S/C30H31N2O2S.C30H32N2O2S.C30H34N2OS.C21H22N2OS.C9H12O2.CH3.ClH.Ru/c1-24-19-21-28(22-20-24)35(33,34)32-30(27-17-9-4-10-18-27)29(26-15-7-3-8-16-26)31-23-11-14-25-12-5-2-6-13-25;1-23-17-20-27(21-18-23)35(34)32-30(26-15-9-4-10-16-26)29(25-13-7-3-8-14-25)31-28(33)22-19-24-11-5-2-6-12-24;1-24-19-21-28(22-20-24)34(33)32-30(27-17-9-4-10-18-27)29(26-15-7-3-8-16-26)31-23-11-14-25-12-5-2-6-13-25;1-16-12-14-19(15-13-16)25(24)23-21(18-10-6-3-7-11-18)20(22)17-8-4-2-5-9-17;10-9(11)7-6-8-4-2-1-3-5-8;;;/h2-10,12-13,15-22,29-31H,11,14,23H2,1H3;2-5,7-10,12-18,20-21,29-30,32H,6,11,19,22H2,1H3,(H,31,33);2-5,7-10,13,15-22,29-32H,6,11-12,14,23H2,1H3;2-15,20-21,23H,22H2,1H3;1-2,5H,3-4,6-7H2,(H,10,11);1H3;1H;/q-1;;;;;-1;;+4/p-1/t29-,30-;29-,30-,35?;29-,30-,34?;20-,21-,25?;;;;/m1111..../s1. The number of nitrogens with two attached hydrogens (primary N) is 1. The van der Waals surface area contributed by atoms with Crippen molar-refractivity contribution in [3.63, 3.8) is 0 Å². The van der Waals surface area contributed by atoms with Gasteiger partial charge in [0.25, 0.3) is 0 Å². The van der Waals surface area contributed by atoms with Crippen LogP contribution in [-0.4, -0.2) is 51.1 Å². The predicted octanol–water partition coefficient (Wildman–Crippen LogP) is 27.1. The van der Waals surface area contributed by atoms with E-state index in [-0.39, 0.29) is 66.9 Å². The van der Waals surface area contributed by atoms with Crippen molar-refractivity contribution in [2.45, 2.75) is 186 Å². The Hall–Kier alpha value is -11.7. The van der Waals surface area contributed by atoms with Crippen LogP contribution in [0.4, 0.5) is 0 Å². The van der Waals surface area contributed by atoms with Gasteiger partial charge in [0, 0.05) is 23.8 Å². The Kier molecular flexibility index (Phi) is 49.7. The number of sulfonamides is 1. The van der Waals surface area contributed by atoms with Gasteiger partial charge in [0.1, 0.15) is 43.0 Å². The summed E-state index contributed by atoms with van der Waals surface area (Å²) < 4.78 is 80.8. The number of hydrogen-bond donors (Lipinski definition) is 8. The molecule has 11 atom stereocenters. The first-order valence-corrected chi connectivity index (χ1v) is 55.5. The first-order valence-electron chi connectivity index (χ1n) is 48.3. The molecule has 143 heavy (non-hydrogen) atoms. The van der Waals surface area contributed by atoms with E-state index in [9.17, 15) is 30.6 Å². The number of nitrogens with one attached hydrogen (secondary N) is 6. The van der Waals surface area contributed by atoms with Crippen LogP contribution in [0.3, 0.4) is 0 Å². The van der Waals surface area contributed by atoms with Crippen molar-refractivity contribution in [3.8, 4) is 0 Å². The quantitative estimate of drug-likeness (QED) is 0.00774. The van der Waals surface area contributed by atoms with E-state index in [0.29, 0.717) is 17.7 Å². The van der Waals surface area contributed by atoms with E-state index in [1.165, 1.54) is 27.8 Å². The number of carbonyl (C=O) groups excluding carboxylic acids is 1. The molecule has 0 fully saturated rings. The minimum absolute atomic E-state index is 0. The van der Waals surface area contributed by atoms with Crippen LogP contribution in [0.15, 0.2) is 461 Å². The fourth-order valence-corrected chi connectivity index (χ4v) is 20.8. The van der Waals surface area contributed by atoms with E-state index in [4.69, 9.17) is 10.8 Å². The molecule has 3 unspecified atom stereocenters. The summed E-state index contributed by atoms with van der Waals surface area (Å²) in [7, 11) is -3.44. The molecule has 0 spiro atoms. The zero-order chi connectivity index (χ0) is 100. The van der Waals surface area contributed by atoms with Gasteiger partial charge in [-0.15, -0.1) is 0 Å². The number of carboxylic acids is 1. The van der Waals surface area contributed by atoms with Gasteiger partial charge in [-0.2, -0.15) is 0 Å². The van der Waals surface area contributed by atoms with Gasteiger partial charge in [-0.3, -0.25) is 9.59 Å². The molecular formula is C121H134ClN8O8RuS4+. The average molecular weight is 2090 g/mol. The molecular weight excluding hydrogens is 1960 g/mol. The van der Waals surface area contributed by atoms with Crippen LogP contribution in [0.2, 0.25) is 0 Å².